The highest BCUT2D eigenvalue weighted by atomic mass is 35.5. The van der Waals surface area contributed by atoms with Gasteiger partial charge < -0.3 is 9.26 Å². The quantitative estimate of drug-likeness (QED) is 0.320. The summed E-state index contributed by atoms with van der Waals surface area (Å²) in [5.41, 5.74) is 3.92. The first-order valence-electron chi connectivity index (χ1n) is 10.7. The maximum Gasteiger partial charge on any atom is 0.412 e. The average molecular weight is 473 g/mol. The minimum Gasteiger partial charge on any atom is -0.441 e. The molecule has 1 heterocycles. The standard InChI is InChI=1S/C25H29ClN2O3S/c1-16(2)13-14-32-15-19-9-11-20(12-10-19)24-23(17(3)28-31-24)27-25(29)30-18(4)21-7-5-6-8-22(21)26/h5-12,16,18H,13-15H2,1-4H3,(H,27,29). The van der Waals surface area contributed by atoms with Crippen LogP contribution in [-0.4, -0.2) is 17.0 Å². The maximum absolute atomic E-state index is 12.5. The summed E-state index contributed by atoms with van der Waals surface area (Å²) in [5, 5.41) is 7.36. The van der Waals surface area contributed by atoms with Gasteiger partial charge in [-0.15, -0.1) is 0 Å². The van der Waals surface area contributed by atoms with Crippen LogP contribution in [0.2, 0.25) is 5.02 Å². The zero-order valence-corrected chi connectivity index (χ0v) is 20.4. The summed E-state index contributed by atoms with van der Waals surface area (Å²) in [6.45, 7) is 8.04. The summed E-state index contributed by atoms with van der Waals surface area (Å²) in [7, 11) is 0. The van der Waals surface area contributed by atoms with Crippen molar-refractivity contribution < 1.29 is 14.1 Å². The van der Waals surface area contributed by atoms with Crippen LogP contribution in [0, 0.1) is 12.8 Å². The van der Waals surface area contributed by atoms with Crippen LogP contribution >= 0.6 is 23.4 Å². The number of anilines is 1. The summed E-state index contributed by atoms with van der Waals surface area (Å²) in [5.74, 6) is 3.36. The summed E-state index contributed by atoms with van der Waals surface area (Å²) in [6, 6.07) is 15.4. The number of ether oxygens (including phenoxy) is 1. The van der Waals surface area contributed by atoms with Gasteiger partial charge in [0.15, 0.2) is 5.76 Å². The summed E-state index contributed by atoms with van der Waals surface area (Å²) in [4.78, 5) is 12.5. The Bertz CT molecular complexity index is 1030. The topological polar surface area (TPSA) is 64.4 Å². The first kappa shape index (κ1) is 24.2. The lowest BCUT2D eigenvalue weighted by Gasteiger charge is -2.15. The van der Waals surface area contributed by atoms with Gasteiger partial charge in [-0.1, -0.05) is 73.1 Å². The molecular weight excluding hydrogens is 444 g/mol. The fourth-order valence-electron chi connectivity index (χ4n) is 3.14. The molecule has 0 aliphatic rings. The molecule has 0 radical (unpaired) electrons. The molecule has 0 fully saturated rings. The van der Waals surface area contributed by atoms with Crippen molar-refractivity contribution in [2.75, 3.05) is 11.1 Å². The van der Waals surface area contributed by atoms with Crippen molar-refractivity contribution >= 4 is 35.1 Å². The number of aromatic nitrogens is 1. The second-order valence-corrected chi connectivity index (χ2v) is 9.61. The van der Waals surface area contributed by atoms with E-state index in [1.54, 1.807) is 19.9 Å². The Labute approximate surface area is 198 Å². The van der Waals surface area contributed by atoms with Crippen LogP contribution in [0.1, 0.15) is 50.1 Å². The van der Waals surface area contributed by atoms with Gasteiger partial charge in [0.05, 0.1) is 0 Å². The SMILES string of the molecule is Cc1noc(-c2ccc(CSCCC(C)C)cc2)c1NC(=O)OC(C)c1ccccc1Cl. The zero-order chi connectivity index (χ0) is 23.1. The van der Waals surface area contributed by atoms with Gasteiger partial charge in [-0.25, -0.2) is 4.79 Å². The Morgan fingerprint density at radius 1 is 1.16 bits per heavy atom. The van der Waals surface area contributed by atoms with Crippen LogP contribution in [-0.2, 0) is 10.5 Å². The third-order valence-corrected chi connectivity index (χ3v) is 6.45. The lowest BCUT2D eigenvalue weighted by atomic mass is 10.1. The molecule has 0 aliphatic carbocycles. The van der Waals surface area contributed by atoms with Crippen molar-refractivity contribution in [3.05, 3.63) is 70.4 Å². The molecule has 3 aromatic rings. The fraction of sp³-hybridized carbons (Fsp3) is 0.360. The Morgan fingerprint density at radius 3 is 2.56 bits per heavy atom. The van der Waals surface area contributed by atoms with Crippen molar-refractivity contribution in [1.29, 1.82) is 0 Å². The van der Waals surface area contributed by atoms with Gasteiger partial charge in [-0.3, -0.25) is 5.32 Å². The Balaban J connectivity index is 1.64. The number of amides is 1. The van der Waals surface area contributed by atoms with Crippen LogP contribution in [0.3, 0.4) is 0 Å². The van der Waals surface area contributed by atoms with E-state index in [-0.39, 0.29) is 0 Å². The van der Waals surface area contributed by atoms with Crippen LogP contribution in [0.15, 0.2) is 53.1 Å². The van der Waals surface area contributed by atoms with Crippen LogP contribution in [0.4, 0.5) is 10.5 Å². The minimum absolute atomic E-state index is 0.500. The number of aryl methyl sites for hydroxylation is 1. The van der Waals surface area contributed by atoms with Gasteiger partial charge in [-0.05, 0) is 43.6 Å². The number of hydrogen-bond acceptors (Lipinski definition) is 5. The molecule has 5 nitrogen and oxygen atoms in total. The maximum atomic E-state index is 12.5. The highest BCUT2D eigenvalue weighted by Crippen LogP contribution is 2.32. The van der Waals surface area contributed by atoms with E-state index in [2.05, 4.69) is 36.5 Å². The number of carbonyl (C=O) groups excluding carboxylic acids is 1. The third kappa shape index (κ3) is 6.53. The third-order valence-electron chi connectivity index (χ3n) is 5.04. The fourth-order valence-corrected chi connectivity index (χ4v) is 4.64. The Hall–Kier alpha value is -2.44. The Kier molecular flexibility index (Phi) is 8.65. The second-order valence-electron chi connectivity index (χ2n) is 8.10. The molecule has 1 N–H and O–H groups in total. The number of halogens is 1. The van der Waals surface area contributed by atoms with Crippen LogP contribution < -0.4 is 5.32 Å². The minimum atomic E-state index is -0.594. The van der Waals surface area contributed by atoms with Gasteiger partial charge in [0, 0.05) is 21.9 Å². The van der Waals surface area contributed by atoms with Gasteiger partial charge in [-0.2, -0.15) is 11.8 Å². The predicted molar refractivity (Wildman–Crippen MR) is 132 cm³/mol. The molecular formula is C25H29ClN2O3S. The molecule has 0 aliphatic heterocycles. The second kappa shape index (κ2) is 11.4. The number of thioether (sulfide) groups is 1. The number of benzene rings is 2. The van der Waals surface area contributed by atoms with E-state index in [1.165, 1.54) is 12.0 Å². The molecule has 0 spiro atoms. The number of nitrogens with one attached hydrogen (secondary N) is 1. The average Bonchev–Trinajstić information content (AvgIpc) is 3.11. The van der Waals surface area contributed by atoms with Crippen molar-refractivity contribution in [3.8, 4) is 11.3 Å². The molecule has 1 atom stereocenters. The first-order chi connectivity index (χ1) is 15.3. The van der Waals surface area contributed by atoms with E-state index in [0.717, 1.165) is 28.6 Å². The monoisotopic (exact) mass is 472 g/mol. The van der Waals surface area contributed by atoms with Crippen molar-refractivity contribution in [2.24, 2.45) is 5.92 Å². The van der Waals surface area contributed by atoms with Crippen molar-refractivity contribution in [2.45, 2.75) is 46.0 Å². The molecule has 7 heteroatoms. The summed E-state index contributed by atoms with van der Waals surface area (Å²) in [6.07, 6.45) is 0.128. The largest absolute Gasteiger partial charge is 0.441 e. The predicted octanol–water partition coefficient (Wildman–Crippen LogP) is 7.89. The normalized spacial score (nSPS) is 12.1. The van der Waals surface area contributed by atoms with Gasteiger partial charge >= 0.3 is 6.09 Å². The Morgan fingerprint density at radius 2 is 1.88 bits per heavy atom. The van der Waals surface area contributed by atoms with Crippen molar-refractivity contribution in [1.82, 2.24) is 5.16 Å². The van der Waals surface area contributed by atoms with Gasteiger partial charge in [0.25, 0.3) is 0 Å². The number of rotatable bonds is 9. The number of nitrogens with zero attached hydrogens (tertiary/aromatic N) is 1. The van der Waals surface area contributed by atoms with Crippen LogP contribution in [0.25, 0.3) is 11.3 Å². The van der Waals surface area contributed by atoms with E-state index in [1.807, 2.05) is 42.1 Å². The molecule has 0 saturated carbocycles. The molecule has 3 rings (SSSR count). The molecule has 32 heavy (non-hydrogen) atoms. The molecule has 2 aromatic carbocycles. The van der Waals surface area contributed by atoms with E-state index < -0.39 is 12.2 Å². The smallest absolute Gasteiger partial charge is 0.412 e. The number of carbonyl (C=O) groups is 1. The summed E-state index contributed by atoms with van der Waals surface area (Å²) < 4.78 is 11.0. The van der Waals surface area contributed by atoms with E-state index in [4.69, 9.17) is 20.9 Å². The highest BCUT2D eigenvalue weighted by molar-refractivity contribution is 7.98. The van der Waals surface area contributed by atoms with Crippen molar-refractivity contribution in [3.63, 3.8) is 0 Å². The van der Waals surface area contributed by atoms with E-state index in [0.29, 0.717) is 22.2 Å². The molecule has 1 unspecified atom stereocenters. The number of hydrogen-bond donors (Lipinski definition) is 1. The van der Waals surface area contributed by atoms with E-state index in [9.17, 15) is 4.79 Å². The van der Waals surface area contributed by atoms with Crippen LogP contribution in [0.5, 0.6) is 0 Å². The van der Waals surface area contributed by atoms with Gasteiger partial charge in [0.1, 0.15) is 17.5 Å². The van der Waals surface area contributed by atoms with Gasteiger partial charge in [0.2, 0.25) is 0 Å². The molecule has 1 aromatic heterocycles. The first-order valence-corrected chi connectivity index (χ1v) is 12.2. The molecule has 0 bridgehead atoms. The molecule has 1 amide bonds. The lowest BCUT2D eigenvalue weighted by Crippen LogP contribution is -2.17. The van der Waals surface area contributed by atoms with E-state index >= 15 is 0 Å². The lowest BCUT2D eigenvalue weighted by molar-refractivity contribution is 0.121. The zero-order valence-electron chi connectivity index (χ0n) is 18.9. The molecule has 170 valence electrons. The summed E-state index contributed by atoms with van der Waals surface area (Å²) >= 11 is 8.14. The highest BCUT2D eigenvalue weighted by Gasteiger charge is 2.20. The molecule has 0 saturated heterocycles.